The predicted octanol–water partition coefficient (Wildman–Crippen LogP) is 0.482. The Morgan fingerprint density at radius 3 is 2.46 bits per heavy atom. The molecule has 0 aliphatic carbocycles. The van der Waals surface area contributed by atoms with Gasteiger partial charge in [0.25, 0.3) is 0 Å². The number of piperidine rings is 1. The van der Waals surface area contributed by atoms with E-state index in [-0.39, 0.29) is 23.3 Å². The third-order valence-electron chi connectivity index (χ3n) is 3.90. The van der Waals surface area contributed by atoms with Gasteiger partial charge in [-0.05, 0) is 25.0 Å². The molecule has 0 unspecified atom stereocenters. The largest absolute Gasteiger partial charge is 0.355 e. The Morgan fingerprint density at radius 2 is 1.79 bits per heavy atom. The normalized spacial score (nSPS) is 18.8. The molecule has 0 aromatic heterocycles. The number of hydrogen-bond acceptors (Lipinski definition) is 4. The summed E-state index contributed by atoms with van der Waals surface area (Å²) in [6, 6.07) is 7.45. The zero-order valence-corrected chi connectivity index (χ0v) is 14.5. The van der Waals surface area contributed by atoms with E-state index in [1.807, 2.05) is 0 Å². The van der Waals surface area contributed by atoms with Crippen molar-refractivity contribution in [2.24, 2.45) is 0 Å². The van der Waals surface area contributed by atoms with Gasteiger partial charge in [-0.1, -0.05) is 24.6 Å². The van der Waals surface area contributed by atoms with Gasteiger partial charge in [-0.15, -0.1) is 0 Å². The summed E-state index contributed by atoms with van der Waals surface area (Å²) in [6.45, 7) is 2.32. The van der Waals surface area contributed by atoms with E-state index in [1.165, 1.54) is 23.4 Å². The van der Waals surface area contributed by atoms with Crippen molar-refractivity contribution in [1.82, 2.24) is 14.9 Å². The fraction of sp³-hybridized carbons (Fsp3) is 0.500. The lowest BCUT2D eigenvalue weighted by Crippen LogP contribution is -2.52. The maximum Gasteiger partial charge on any atom is 0.243 e. The smallest absolute Gasteiger partial charge is 0.243 e. The molecule has 2 amide bonds. The molecule has 0 radical (unpaired) electrons. The number of benzene rings is 1. The Kier molecular flexibility index (Phi) is 6.33. The maximum atomic E-state index is 12.8. The van der Waals surface area contributed by atoms with E-state index in [0.717, 1.165) is 12.8 Å². The van der Waals surface area contributed by atoms with Gasteiger partial charge in [0, 0.05) is 26.6 Å². The first-order valence-electron chi connectivity index (χ1n) is 8.02. The van der Waals surface area contributed by atoms with Crippen LogP contribution in [-0.4, -0.2) is 50.2 Å². The van der Waals surface area contributed by atoms with Crippen LogP contribution in [0.5, 0.6) is 0 Å². The SMILES string of the molecule is CC(=O)NCCNC(=O)[C@H]1CCCCN1S(=O)(=O)c1ccccc1. The summed E-state index contributed by atoms with van der Waals surface area (Å²) in [7, 11) is -3.70. The summed E-state index contributed by atoms with van der Waals surface area (Å²) in [4.78, 5) is 23.4. The van der Waals surface area contributed by atoms with Gasteiger partial charge in [0.15, 0.2) is 0 Å². The molecule has 1 aliphatic rings. The molecule has 0 bridgehead atoms. The van der Waals surface area contributed by atoms with Gasteiger partial charge in [0.1, 0.15) is 6.04 Å². The minimum Gasteiger partial charge on any atom is -0.355 e. The fourth-order valence-corrected chi connectivity index (χ4v) is 4.40. The van der Waals surface area contributed by atoms with Crippen molar-refractivity contribution in [3.05, 3.63) is 30.3 Å². The highest BCUT2D eigenvalue weighted by Crippen LogP contribution is 2.25. The molecule has 7 nitrogen and oxygen atoms in total. The van der Waals surface area contributed by atoms with Crippen molar-refractivity contribution in [3.8, 4) is 0 Å². The van der Waals surface area contributed by atoms with Crippen molar-refractivity contribution in [1.29, 1.82) is 0 Å². The number of carbonyl (C=O) groups is 2. The van der Waals surface area contributed by atoms with Crippen molar-refractivity contribution < 1.29 is 18.0 Å². The van der Waals surface area contributed by atoms with Crippen LogP contribution in [0.25, 0.3) is 0 Å². The van der Waals surface area contributed by atoms with E-state index >= 15 is 0 Å². The van der Waals surface area contributed by atoms with Gasteiger partial charge in [-0.3, -0.25) is 9.59 Å². The third kappa shape index (κ3) is 4.55. The van der Waals surface area contributed by atoms with Gasteiger partial charge >= 0.3 is 0 Å². The van der Waals surface area contributed by atoms with Gasteiger partial charge in [0.05, 0.1) is 4.90 Å². The van der Waals surface area contributed by atoms with Gasteiger partial charge in [-0.2, -0.15) is 4.31 Å². The molecular weight excluding hydrogens is 330 g/mol. The minimum atomic E-state index is -3.70. The lowest BCUT2D eigenvalue weighted by atomic mass is 10.0. The molecule has 0 spiro atoms. The maximum absolute atomic E-state index is 12.8. The van der Waals surface area contributed by atoms with Crippen molar-refractivity contribution in [3.63, 3.8) is 0 Å². The van der Waals surface area contributed by atoms with Crippen LogP contribution < -0.4 is 10.6 Å². The molecule has 1 aliphatic heterocycles. The Balaban J connectivity index is 2.07. The second kappa shape index (κ2) is 8.25. The number of nitrogens with one attached hydrogen (secondary N) is 2. The molecule has 2 rings (SSSR count). The lowest BCUT2D eigenvalue weighted by Gasteiger charge is -2.33. The van der Waals surface area contributed by atoms with Gasteiger partial charge < -0.3 is 10.6 Å². The van der Waals surface area contributed by atoms with Crippen LogP contribution >= 0.6 is 0 Å². The zero-order valence-electron chi connectivity index (χ0n) is 13.7. The van der Waals surface area contributed by atoms with Crippen LogP contribution in [0.2, 0.25) is 0 Å². The molecule has 132 valence electrons. The highest BCUT2D eigenvalue weighted by atomic mass is 32.2. The second-order valence-corrected chi connectivity index (χ2v) is 7.60. The number of amides is 2. The number of sulfonamides is 1. The molecule has 0 saturated carbocycles. The van der Waals surface area contributed by atoms with E-state index in [0.29, 0.717) is 19.5 Å². The molecule has 1 aromatic carbocycles. The monoisotopic (exact) mass is 353 g/mol. The van der Waals surface area contributed by atoms with E-state index in [1.54, 1.807) is 18.2 Å². The predicted molar refractivity (Wildman–Crippen MR) is 89.7 cm³/mol. The van der Waals surface area contributed by atoms with Crippen molar-refractivity contribution in [2.45, 2.75) is 37.1 Å². The summed E-state index contributed by atoms with van der Waals surface area (Å²) >= 11 is 0. The molecule has 1 aromatic rings. The van der Waals surface area contributed by atoms with Crippen LogP contribution in [-0.2, 0) is 19.6 Å². The number of nitrogens with zero attached hydrogens (tertiary/aromatic N) is 1. The second-order valence-electron chi connectivity index (χ2n) is 5.71. The van der Waals surface area contributed by atoms with E-state index in [2.05, 4.69) is 10.6 Å². The summed E-state index contributed by atoms with van der Waals surface area (Å²) in [5.41, 5.74) is 0. The van der Waals surface area contributed by atoms with Crippen LogP contribution in [0.3, 0.4) is 0 Å². The summed E-state index contributed by atoms with van der Waals surface area (Å²) < 4.78 is 26.9. The quantitative estimate of drug-likeness (QED) is 0.727. The average Bonchev–Trinajstić information content (AvgIpc) is 2.59. The average molecular weight is 353 g/mol. The van der Waals surface area contributed by atoms with E-state index < -0.39 is 16.1 Å². The van der Waals surface area contributed by atoms with Crippen molar-refractivity contribution in [2.75, 3.05) is 19.6 Å². The Hall–Kier alpha value is -1.93. The molecule has 2 N–H and O–H groups in total. The summed E-state index contributed by atoms with van der Waals surface area (Å²) in [5, 5.41) is 5.29. The first kappa shape index (κ1) is 18.4. The van der Waals surface area contributed by atoms with Gasteiger partial charge in [0.2, 0.25) is 21.8 Å². The molecule has 24 heavy (non-hydrogen) atoms. The lowest BCUT2D eigenvalue weighted by molar-refractivity contribution is -0.126. The summed E-state index contributed by atoms with van der Waals surface area (Å²) in [5.74, 6) is -0.491. The van der Waals surface area contributed by atoms with E-state index in [4.69, 9.17) is 0 Å². The van der Waals surface area contributed by atoms with Crippen LogP contribution in [0.15, 0.2) is 35.2 Å². The topological polar surface area (TPSA) is 95.6 Å². The third-order valence-corrected chi connectivity index (χ3v) is 5.83. The first-order valence-corrected chi connectivity index (χ1v) is 9.46. The number of carbonyl (C=O) groups excluding carboxylic acids is 2. The van der Waals surface area contributed by atoms with Gasteiger partial charge in [-0.25, -0.2) is 8.42 Å². The van der Waals surface area contributed by atoms with Crippen molar-refractivity contribution >= 4 is 21.8 Å². The van der Waals surface area contributed by atoms with Crippen LogP contribution in [0.1, 0.15) is 26.2 Å². The highest BCUT2D eigenvalue weighted by Gasteiger charge is 2.37. The Bertz CT molecular complexity index is 676. The molecule has 1 fully saturated rings. The molecule has 1 atom stereocenters. The molecular formula is C16H23N3O4S. The molecule has 1 heterocycles. The van der Waals surface area contributed by atoms with E-state index in [9.17, 15) is 18.0 Å². The number of hydrogen-bond donors (Lipinski definition) is 2. The highest BCUT2D eigenvalue weighted by molar-refractivity contribution is 7.89. The first-order chi connectivity index (χ1) is 11.4. The Morgan fingerprint density at radius 1 is 1.12 bits per heavy atom. The molecule has 1 saturated heterocycles. The fourth-order valence-electron chi connectivity index (χ4n) is 2.72. The number of rotatable bonds is 6. The minimum absolute atomic E-state index is 0.171. The van der Waals surface area contributed by atoms with Crippen LogP contribution in [0, 0.1) is 0 Å². The molecule has 8 heteroatoms. The van der Waals surface area contributed by atoms with Crippen LogP contribution in [0.4, 0.5) is 0 Å². The Labute approximate surface area is 142 Å². The standard InChI is InChI=1S/C16H23N3O4S/c1-13(20)17-10-11-18-16(21)15-9-5-6-12-19(15)24(22,23)14-7-3-2-4-8-14/h2-4,7-8,15H,5-6,9-12H2,1H3,(H,17,20)(H,18,21)/t15-/m1/s1. The summed E-state index contributed by atoms with van der Waals surface area (Å²) in [6.07, 6.45) is 2.05. The zero-order chi connectivity index (χ0) is 17.6.